The molecule has 0 bridgehead atoms. The summed E-state index contributed by atoms with van der Waals surface area (Å²) in [5.74, 6) is 0.397. The van der Waals surface area contributed by atoms with Crippen molar-refractivity contribution in [3.8, 4) is 22.3 Å². The highest BCUT2D eigenvalue weighted by Crippen LogP contribution is 2.30. The van der Waals surface area contributed by atoms with E-state index in [1.165, 1.54) is 0 Å². The molecule has 3 rings (SSSR count). The fourth-order valence-corrected chi connectivity index (χ4v) is 3.77. The number of hydrogen-bond acceptors (Lipinski definition) is 6. The molecule has 0 atom stereocenters. The summed E-state index contributed by atoms with van der Waals surface area (Å²) in [7, 11) is -4.92. The molecule has 0 amide bonds. The molecule has 2 aromatic carbocycles. The number of nitrogens with zero attached hydrogens (tertiary/aromatic N) is 1. The number of aromatic nitrogens is 1. The van der Waals surface area contributed by atoms with Crippen molar-refractivity contribution in [1.29, 1.82) is 0 Å². The van der Waals surface area contributed by atoms with E-state index in [0.717, 1.165) is 27.8 Å². The van der Waals surface area contributed by atoms with Crippen molar-refractivity contribution in [3.63, 3.8) is 0 Å². The Morgan fingerprint density at radius 2 is 1.19 bits per heavy atom. The summed E-state index contributed by atoms with van der Waals surface area (Å²) in [6.45, 7) is 0. The third-order valence-corrected chi connectivity index (χ3v) is 5.34. The lowest BCUT2D eigenvalue weighted by Crippen LogP contribution is -1.96. The van der Waals surface area contributed by atoms with E-state index >= 15 is 0 Å². The lowest BCUT2D eigenvalue weighted by atomic mass is 10.00. The molecule has 27 heavy (non-hydrogen) atoms. The summed E-state index contributed by atoms with van der Waals surface area (Å²) >= 11 is 0. The molecule has 8 heteroatoms. The number of nitrogen functional groups attached to an aromatic ring is 1. The zero-order valence-corrected chi connectivity index (χ0v) is 16.0. The van der Waals surface area contributed by atoms with E-state index < -0.39 is 21.4 Å². The summed E-state index contributed by atoms with van der Waals surface area (Å²) in [6, 6.07) is 16.3. The van der Waals surface area contributed by atoms with Gasteiger partial charge in [-0.1, -0.05) is 48.5 Å². The van der Waals surface area contributed by atoms with Crippen molar-refractivity contribution in [2.75, 3.05) is 5.73 Å². The first-order valence-electron chi connectivity index (χ1n) is 8.10. The van der Waals surface area contributed by atoms with Gasteiger partial charge in [0.25, 0.3) is 0 Å². The maximum Gasteiger partial charge on any atom is 0.144 e. The van der Waals surface area contributed by atoms with E-state index in [0.29, 0.717) is 11.4 Å². The fourth-order valence-electron chi connectivity index (χ4n) is 2.75. The molecule has 0 radical (unpaired) electrons. The average Bonchev–Trinajstić information content (AvgIpc) is 2.63. The zero-order chi connectivity index (χ0) is 19.4. The van der Waals surface area contributed by atoms with E-state index in [-0.39, 0.29) is 11.5 Å². The minimum Gasteiger partial charge on any atom is -0.383 e. The van der Waals surface area contributed by atoms with Crippen LogP contribution in [0.3, 0.4) is 0 Å². The number of benzene rings is 2. The molecular weight excluding hydrogens is 384 g/mol. The minimum absolute atomic E-state index is 0.00461. The number of nitrogens with two attached hydrogens (primary N) is 1. The van der Waals surface area contributed by atoms with Gasteiger partial charge < -0.3 is 5.73 Å². The smallest absolute Gasteiger partial charge is 0.144 e. The molecule has 0 saturated heterocycles. The van der Waals surface area contributed by atoms with Gasteiger partial charge in [0.05, 0.1) is 11.5 Å². The van der Waals surface area contributed by atoms with E-state index in [1.54, 1.807) is 30.5 Å². The van der Waals surface area contributed by atoms with Crippen LogP contribution in [0.4, 0.5) is 5.82 Å². The predicted molar refractivity (Wildman–Crippen MR) is 108 cm³/mol. The first-order chi connectivity index (χ1) is 12.9. The van der Waals surface area contributed by atoms with Gasteiger partial charge in [0.15, 0.2) is 0 Å². The molecular formula is C19H18N2O4S2. The van der Waals surface area contributed by atoms with Crippen molar-refractivity contribution in [2.45, 2.75) is 11.5 Å². The first-order valence-corrected chi connectivity index (χ1v) is 10.8. The largest absolute Gasteiger partial charge is 0.383 e. The normalized spacial score (nSPS) is 11.2. The fraction of sp³-hybridized carbons (Fsp3) is 0.105. The second-order valence-electron chi connectivity index (χ2n) is 6.03. The first kappa shape index (κ1) is 19.1. The van der Waals surface area contributed by atoms with Crippen LogP contribution < -0.4 is 5.73 Å². The van der Waals surface area contributed by atoms with Gasteiger partial charge in [-0.25, -0.2) is 21.8 Å². The van der Waals surface area contributed by atoms with Crippen LogP contribution in [0, 0.1) is 0 Å². The second kappa shape index (κ2) is 8.32. The SMILES string of the molecule is Nc1ncc(-c2ccc(C[SH](=O)=O)cc2)cc1-c1ccc(C[SH](=O)=O)cc1. The molecule has 3 aromatic rings. The Kier molecular flexibility index (Phi) is 5.88. The average molecular weight is 402 g/mol. The van der Waals surface area contributed by atoms with Crippen LogP contribution in [-0.2, 0) is 32.9 Å². The van der Waals surface area contributed by atoms with Gasteiger partial charge >= 0.3 is 0 Å². The molecule has 0 unspecified atom stereocenters. The molecule has 0 aliphatic heterocycles. The van der Waals surface area contributed by atoms with E-state index in [9.17, 15) is 16.8 Å². The highest BCUT2D eigenvalue weighted by atomic mass is 32.2. The van der Waals surface area contributed by atoms with Crippen molar-refractivity contribution in [1.82, 2.24) is 4.98 Å². The summed E-state index contributed by atoms with van der Waals surface area (Å²) < 4.78 is 43.3. The van der Waals surface area contributed by atoms with E-state index in [2.05, 4.69) is 4.98 Å². The third-order valence-electron chi connectivity index (χ3n) is 4.09. The Bertz CT molecular complexity index is 1090. The molecule has 0 spiro atoms. The highest BCUT2D eigenvalue weighted by molar-refractivity contribution is 7.71. The minimum atomic E-state index is -2.47. The van der Waals surface area contributed by atoms with Crippen molar-refractivity contribution < 1.29 is 16.8 Å². The highest BCUT2D eigenvalue weighted by Gasteiger charge is 2.08. The molecule has 2 N–H and O–H groups in total. The third kappa shape index (κ3) is 4.93. The maximum atomic E-state index is 10.8. The molecule has 0 saturated carbocycles. The Morgan fingerprint density at radius 3 is 1.67 bits per heavy atom. The Balaban J connectivity index is 1.92. The monoisotopic (exact) mass is 402 g/mol. The Labute approximate surface area is 160 Å². The van der Waals surface area contributed by atoms with Gasteiger partial charge in [-0.15, -0.1) is 0 Å². The quantitative estimate of drug-likeness (QED) is 0.546. The van der Waals surface area contributed by atoms with Gasteiger partial charge in [0.2, 0.25) is 0 Å². The summed E-state index contributed by atoms with van der Waals surface area (Å²) in [5.41, 5.74) is 10.8. The van der Waals surface area contributed by atoms with Crippen LogP contribution in [0.5, 0.6) is 0 Å². The van der Waals surface area contributed by atoms with Crippen LogP contribution in [0.1, 0.15) is 11.1 Å². The number of anilines is 1. The maximum absolute atomic E-state index is 10.8. The standard InChI is InChI=1S/C19H18N2O4S2/c20-19-18(16-7-3-14(4-8-16)12-27(24)25)9-17(10-21-19)15-5-1-13(2-6-15)11-26(22)23/h1-10,26-27H,11-12H2,(H2,20,21). The van der Waals surface area contributed by atoms with Crippen molar-refractivity contribution in [2.24, 2.45) is 0 Å². The number of thiol groups is 2. The van der Waals surface area contributed by atoms with Gasteiger partial charge in [-0.3, -0.25) is 0 Å². The molecule has 1 aromatic heterocycles. The molecule has 1 heterocycles. The number of rotatable bonds is 6. The van der Waals surface area contributed by atoms with E-state index in [1.807, 2.05) is 30.3 Å². The topological polar surface area (TPSA) is 107 Å². The van der Waals surface area contributed by atoms with Gasteiger partial charge in [-0.2, -0.15) is 0 Å². The molecule has 0 aliphatic carbocycles. The van der Waals surface area contributed by atoms with Crippen LogP contribution in [0.15, 0.2) is 60.8 Å². The molecule has 140 valence electrons. The predicted octanol–water partition coefficient (Wildman–Crippen LogP) is 2.22. The molecule has 0 aliphatic rings. The van der Waals surface area contributed by atoms with Gasteiger partial charge in [0.1, 0.15) is 27.2 Å². The van der Waals surface area contributed by atoms with Crippen LogP contribution in [-0.4, -0.2) is 21.8 Å². The summed E-state index contributed by atoms with van der Waals surface area (Å²) in [4.78, 5) is 4.26. The molecule has 0 fully saturated rings. The lowest BCUT2D eigenvalue weighted by molar-refractivity contribution is 0.612. The summed E-state index contributed by atoms with van der Waals surface area (Å²) in [6.07, 6.45) is 1.67. The zero-order valence-electron chi connectivity index (χ0n) is 14.2. The van der Waals surface area contributed by atoms with Crippen LogP contribution >= 0.6 is 0 Å². The lowest BCUT2D eigenvalue weighted by Gasteiger charge is -2.09. The van der Waals surface area contributed by atoms with E-state index in [4.69, 9.17) is 5.73 Å². The number of pyridine rings is 1. The van der Waals surface area contributed by atoms with Crippen LogP contribution in [0.2, 0.25) is 0 Å². The second-order valence-corrected chi connectivity index (χ2v) is 8.00. The Hall–Kier alpha value is -2.71. The Morgan fingerprint density at radius 1 is 0.704 bits per heavy atom. The van der Waals surface area contributed by atoms with Gasteiger partial charge in [-0.05, 0) is 28.3 Å². The number of hydrogen-bond donors (Lipinski definition) is 3. The summed E-state index contributed by atoms with van der Waals surface area (Å²) in [5, 5.41) is 0. The van der Waals surface area contributed by atoms with Crippen molar-refractivity contribution in [3.05, 3.63) is 71.9 Å². The molecule has 6 nitrogen and oxygen atoms in total. The van der Waals surface area contributed by atoms with Crippen molar-refractivity contribution >= 4 is 27.2 Å². The van der Waals surface area contributed by atoms with Gasteiger partial charge in [0, 0.05) is 17.3 Å². The van der Waals surface area contributed by atoms with Crippen LogP contribution in [0.25, 0.3) is 22.3 Å².